The third-order valence-electron chi connectivity index (χ3n) is 5.80. The first-order valence-corrected chi connectivity index (χ1v) is 11.3. The molecule has 1 unspecified atom stereocenters. The van der Waals surface area contributed by atoms with E-state index in [1.165, 1.54) is 11.1 Å². The molecule has 1 aliphatic rings. The van der Waals surface area contributed by atoms with Crippen molar-refractivity contribution in [3.63, 3.8) is 0 Å². The van der Waals surface area contributed by atoms with E-state index < -0.39 is 15.9 Å². The fourth-order valence-corrected chi connectivity index (χ4v) is 4.82. The number of rotatable bonds is 3. The van der Waals surface area contributed by atoms with E-state index in [1.807, 2.05) is 12.1 Å². The molecule has 4 heteroatoms. The molecule has 1 atom stereocenters. The SMILES string of the molecule is CC1(C)CCC(C)(C)c2cc(C(O)C#CCS(=O)(=O)c3ccccc3)ccc21. The third-order valence-corrected chi connectivity index (χ3v) is 7.31. The highest BCUT2D eigenvalue weighted by molar-refractivity contribution is 7.91. The summed E-state index contributed by atoms with van der Waals surface area (Å²) >= 11 is 0. The van der Waals surface area contributed by atoms with Gasteiger partial charge in [0.2, 0.25) is 0 Å². The molecule has 0 fully saturated rings. The van der Waals surface area contributed by atoms with Crippen LogP contribution in [-0.2, 0) is 20.7 Å². The van der Waals surface area contributed by atoms with Crippen molar-refractivity contribution >= 4 is 9.84 Å². The Morgan fingerprint density at radius 2 is 1.57 bits per heavy atom. The van der Waals surface area contributed by atoms with Crippen LogP contribution in [0.1, 0.15) is 63.3 Å². The first kappa shape index (κ1) is 20.6. The molecule has 0 spiro atoms. The summed E-state index contributed by atoms with van der Waals surface area (Å²) in [5, 5.41) is 10.5. The molecule has 0 saturated carbocycles. The average molecular weight is 397 g/mol. The van der Waals surface area contributed by atoms with Crippen LogP contribution < -0.4 is 0 Å². The van der Waals surface area contributed by atoms with Crippen LogP contribution in [0.25, 0.3) is 0 Å². The van der Waals surface area contributed by atoms with E-state index in [1.54, 1.807) is 30.3 Å². The molecule has 1 N–H and O–H groups in total. The summed E-state index contributed by atoms with van der Waals surface area (Å²) in [6.07, 6.45) is 1.22. The molecule has 0 saturated heterocycles. The molecule has 0 aromatic heterocycles. The molecule has 0 aliphatic heterocycles. The number of fused-ring (bicyclic) bond motifs is 1. The lowest BCUT2D eigenvalue weighted by atomic mass is 9.63. The maximum Gasteiger partial charge on any atom is 0.189 e. The second kappa shape index (κ2) is 7.39. The van der Waals surface area contributed by atoms with Gasteiger partial charge in [-0.2, -0.15) is 0 Å². The number of hydrogen-bond acceptors (Lipinski definition) is 3. The molecule has 3 nitrogen and oxygen atoms in total. The highest BCUT2D eigenvalue weighted by Crippen LogP contribution is 2.46. The number of benzene rings is 2. The number of hydrogen-bond donors (Lipinski definition) is 1. The third kappa shape index (κ3) is 4.16. The predicted molar refractivity (Wildman–Crippen MR) is 113 cm³/mol. The topological polar surface area (TPSA) is 54.4 Å². The van der Waals surface area contributed by atoms with Crippen molar-refractivity contribution in [3.8, 4) is 11.8 Å². The van der Waals surface area contributed by atoms with Crippen molar-refractivity contribution in [2.24, 2.45) is 0 Å². The second-order valence-corrected chi connectivity index (χ2v) is 10.9. The fraction of sp³-hybridized carbons (Fsp3) is 0.417. The van der Waals surface area contributed by atoms with Gasteiger partial charge in [-0.05, 0) is 52.5 Å². The van der Waals surface area contributed by atoms with Crippen molar-refractivity contribution in [3.05, 3.63) is 65.2 Å². The molecule has 0 bridgehead atoms. The van der Waals surface area contributed by atoms with Crippen LogP contribution in [0.15, 0.2) is 53.4 Å². The summed E-state index contributed by atoms with van der Waals surface area (Å²) in [6.45, 7) is 8.97. The van der Waals surface area contributed by atoms with Gasteiger partial charge in [0.15, 0.2) is 9.84 Å². The lowest BCUT2D eigenvalue weighted by molar-refractivity contribution is 0.237. The molecular weight excluding hydrogens is 368 g/mol. The predicted octanol–water partition coefficient (Wildman–Crippen LogP) is 4.55. The summed E-state index contributed by atoms with van der Waals surface area (Å²) in [7, 11) is -3.47. The van der Waals surface area contributed by atoms with Gasteiger partial charge in [0.25, 0.3) is 0 Å². The van der Waals surface area contributed by atoms with Crippen LogP contribution in [0, 0.1) is 11.8 Å². The first-order valence-electron chi connectivity index (χ1n) is 9.62. The van der Waals surface area contributed by atoms with E-state index >= 15 is 0 Å². The normalized spacial score (nSPS) is 18.5. The summed E-state index contributed by atoms with van der Waals surface area (Å²) < 4.78 is 24.6. The molecule has 0 amide bonds. The Hall–Kier alpha value is -2.09. The van der Waals surface area contributed by atoms with Crippen LogP contribution in [0.5, 0.6) is 0 Å². The highest BCUT2D eigenvalue weighted by Gasteiger charge is 2.37. The van der Waals surface area contributed by atoms with Gasteiger partial charge < -0.3 is 5.11 Å². The monoisotopic (exact) mass is 396 g/mol. The van der Waals surface area contributed by atoms with E-state index in [9.17, 15) is 13.5 Å². The maximum atomic E-state index is 12.3. The van der Waals surface area contributed by atoms with Crippen molar-refractivity contribution in [1.29, 1.82) is 0 Å². The van der Waals surface area contributed by atoms with Crippen LogP contribution >= 0.6 is 0 Å². The Bertz CT molecular complexity index is 1020. The summed E-state index contributed by atoms with van der Waals surface area (Å²) in [5.41, 5.74) is 3.45. The standard InChI is InChI=1S/C24H28O3S/c1-23(2)14-15-24(3,4)21-17-18(12-13-20(21)23)22(25)11-8-16-28(26,27)19-9-6-5-7-10-19/h5-7,9-10,12-13,17,22,25H,14-16H2,1-4H3. The molecule has 148 valence electrons. The molecule has 0 heterocycles. The van der Waals surface area contributed by atoms with Gasteiger partial charge in [-0.25, -0.2) is 8.42 Å². The van der Waals surface area contributed by atoms with Gasteiger partial charge in [0.05, 0.1) is 4.90 Å². The number of aliphatic hydroxyl groups is 1. The molecule has 0 radical (unpaired) electrons. The van der Waals surface area contributed by atoms with Crippen LogP contribution in [0.3, 0.4) is 0 Å². The average Bonchev–Trinajstić information content (AvgIpc) is 2.66. The quantitative estimate of drug-likeness (QED) is 0.775. The highest BCUT2D eigenvalue weighted by atomic mass is 32.2. The van der Waals surface area contributed by atoms with Crippen molar-refractivity contribution < 1.29 is 13.5 Å². The Morgan fingerprint density at radius 3 is 2.21 bits per heavy atom. The maximum absolute atomic E-state index is 12.3. The van der Waals surface area contributed by atoms with Crippen molar-refractivity contribution in [1.82, 2.24) is 0 Å². The second-order valence-electron chi connectivity index (χ2n) is 8.87. The van der Waals surface area contributed by atoms with Crippen LogP contribution in [0.4, 0.5) is 0 Å². The Balaban J connectivity index is 1.83. The van der Waals surface area contributed by atoms with Crippen LogP contribution in [-0.4, -0.2) is 19.3 Å². The van der Waals surface area contributed by atoms with E-state index in [2.05, 4.69) is 45.6 Å². The van der Waals surface area contributed by atoms with E-state index in [0.717, 1.165) is 12.8 Å². The van der Waals surface area contributed by atoms with Gasteiger partial charge in [-0.3, -0.25) is 0 Å². The van der Waals surface area contributed by atoms with E-state index in [4.69, 9.17) is 0 Å². The first-order chi connectivity index (χ1) is 13.0. The van der Waals surface area contributed by atoms with E-state index in [0.29, 0.717) is 5.56 Å². The lowest BCUT2D eigenvalue weighted by Gasteiger charge is -2.42. The molecule has 2 aromatic carbocycles. The number of sulfone groups is 1. The van der Waals surface area contributed by atoms with Gasteiger partial charge in [-0.1, -0.05) is 75.9 Å². The Morgan fingerprint density at radius 1 is 0.964 bits per heavy atom. The number of aliphatic hydroxyl groups excluding tert-OH is 1. The smallest absolute Gasteiger partial charge is 0.189 e. The minimum atomic E-state index is -3.47. The molecule has 1 aliphatic carbocycles. The van der Waals surface area contributed by atoms with Gasteiger partial charge in [0, 0.05) is 0 Å². The summed E-state index contributed by atoms with van der Waals surface area (Å²) in [6, 6.07) is 14.3. The van der Waals surface area contributed by atoms with Crippen LogP contribution in [0.2, 0.25) is 0 Å². The molecular formula is C24H28O3S. The van der Waals surface area contributed by atoms with Gasteiger partial charge in [0.1, 0.15) is 11.9 Å². The lowest BCUT2D eigenvalue weighted by Crippen LogP contribution is -2.34. The molecule has 28 heavy (non-hydrogen) atoms. The molecule has 2 aromatic rings. The van der Waals surface area contributed by atoms with Gasteiger partial charge >= 0.3 is 0 Å². The summed E-state index contributed by atoms with van der Waals surface area (Å²) in [5.74, 6) is 5.05. The molecule has 3 rings (SSSR count). The van der Waals surface area contributed by atoms with Crippen molar-refractivity contribution in [2.45, 2.75) is 62.4 Å². The fourth-order valence-electron chi connectivity index (χ4n) is 3.80. The zero-order chi connectivity index (χ0) is 20.6. The van der Waals surface area contributed by atoms with E-state index in [-0.39, 0.29) is 21.5 Å². The van der Waals surface area contributed by atoms with Gasteiger partial charge in [-0.15, -0.1) is 0 Å². The zero-order valence-electron chi connectivity index (χ0n) is 17.0. The van der Waals surface area contributed by atoms with Crippen molar-refractivity contribution in [2.75, 3.05) is 5.75 Å². The Kier molecular flexibility index (Phi) is 5.44. The minimum absolute atomic E-state index is 0.0463. The largest absolute Gasteiger partial charge is 0.376 e. The summed E-state index contributed by atoms with van der Waals surface area (Å²) in [4.78, 5) is 0.247. The zero-order valence-corrected chi connectivity index (χ0v) is 17.8. The minimum Gasteiger partial charge on any atom is -0.376 e. The Labute approximate surface area is 168 Å².